The van der Waals surface area contributed by atoms with Gasteiger partial charge in [0.05, 0.1) is 33.2 Å². The summed E-state index contributed by atoms with van der Waals surface area (Å²) in [5, 5.41) is 3.59. The van der Waals surface area contributed by atoms with Gasteiger partial charge in [-0.25, -0.2) is 0 Å². The van der Waals surface area contributed by atoms with E-state index in [4.69, 9.17) is 14.2 Å². The first-order valence-electron chi connectivity index (χ1n) is 8.91. The van der Waals surface area contributed by atoms with E-state index in [1.165, 1.54) is 0 Å². The Morgan fingerprint density at radius 1 is 1.15 bits per heavy atom. The zero-order valence-electron chi connectivity index (χ0n) is 15.6. The number of piperidine rings is 1. The Morgan fingerprint density at radius 2 is 1.92 bits per heavy atom. The minimum absolute atomic E-state index is 0.304. The van der Waals surface area contributed by atoms with Crippen LogP contribution in [0.1, 0.15) is 19.8 Å². The highest BCUT2D eigenvalue weighted by Gasteiger charge is 2.22. The Morgan fingerprint density at radius 3 is 2.62 bits per heavy atom. The molecule has 2 heterocycles. The molecule has 1 aromatic heterocycles. The van der Waals surface area contributed by atoms with E-state index in [0.29, 0.717) is 18.5 Å². The van der Waals surface area contributed by atoms with Gasteiger partial charge >= 0.3 is 0 Å². The lowest BCUT2D eigenvalue weighted by atomic mass is 10.1. The smallest absolute Gasteiger partial charge is 0.234 e. The van der Waals surface area contributed by atoms with E-state index in [1.54, 1.807) is 26.6 Å². The third-order valence-corrected chi connectivity index (χ3v) is 4.36. The van der Waals surface area contributed by atoms with E-state index in [1.807, 2.05) is 25.1 Å². The maximum Gasteiger partial charge on any atom is 0.234 e. The van der Waals surface area contributed by atoms with Crippen molar-refractivity contribution in [3.05, 3.63) is 30.6 Å². The maximum absolute atomic E-state index is 5.47. The third-order valence-electron chi connectivity index (χ3n) is 4.36. The Bertz CT molecular complexity index is 703. The number of aromatic nitrogens is 2. The van der Waals surface area contributed by atoms with Crippen LogP contribution in [0.3, 0.4) is 0 Å². The van der Waals surface area contributed by atoms with Gasteiger partial charge in [0.1, 0.15) is 11.5 Å². The SMILES string of the molecule is CCOc1cncc(N2CCCC(Nc3cc(OC)cc(OC)c3)C2)n1. The van der Waals surface area contributed by atoms with Crippen LogP contribution in [0.5, 0.6) is 17.4 Å². The van der Waals surface area contributed by atoms with Crippen molar-refractivity contribution in [3.63, 3.8) is 0 Å². The Kier molecular flexibility index (Phi) is 5.99. The predicted octanol–water partition coefficient (Wildman–Crippen LogP) is 2.97. The van der Waals surface area contributed by atoms with Crippen molar-refractivity contribution in [1.29, 1.82) is 0 Å². The molecule has 3 rings (SSSR count). The van der Waals surface area contributed by atoms with Crippen LogP contribution < -0.4 is 24.4 Å². The molecule has 0 aliphatic carbocycles. The quantitative estimate of drug-likeness (QED) is 0.816. The largest absolute Gasteiger partial charge is 0.497 e. The number of benzene rings is 1. The first-order chi connectivity index (χ1) is 12.7. The highest BCUT2D eigenvalue weighted by atomic mass is 16.5. The minimum Gasteiger partial charge on any atom is -0.497 e. The van der Waals surface area contributed by atoms with Crippen LogP contribution in [0.4, 0.5) is 11.5 Å². The molecular weight excluding hydrogens is 332 g/mol. The molecule has 1 atom stereocenters. The van der Waals surface area contributed by atoms with E-state index in [-0.39, 0.29) is 0 Å². The van der Waals surface area contributed by atoms with E-state index < -0.39 is 0 Å². The van der Waals surface area contributed by atoms with Crippen LogP contribution in [0.2, 0.25) is 0 Å². The fourth-order valence-electron chi connectivity index (χ4n) is 3.14. The Hall–Kier alpha value is -2.70. The van der Waals surface area contributed by atoms with Gasteiger partial charge in [0.25, 0.3) is 0 Å². The monoisotopic (exact) mass is 358 g/mol. The van der Waals surface area contributed by atoms with Crippen molar-refractivity contribution in [3.8, 4) is 17.4 Å². The third kappa shape index (κ3) is 4.47. The number of hydrogen-bond donors (Lipinski definition) is 1. The van der Waals surface area contributed by atoms with Gasteiger partial charge in [-0.1, -0.05) is 0 Å². The van der Waals surface area contributed by atoms with Crippen molar-refractivity contribution in [2.75, 3.05) is 44.1 Å². The molecule has 1 aliphatic heterocycles. The predicted molar refractivity (Wildman–Crippen MR) is 102 cm³/mol. The van der Waals surface area contributed by atoms with Crippen LogP contribution in [0, 0.1) is 0 Å². The molecule has 1 saturated heterocycles. The van der Waals surface area contributed by atoms with Crippen LogP contribution in [0.25, 0.3) is 0 Å². The van der Waals surface area contributed by atoms with E-state index in [0.717, 1.165) is 48.9 Å². The standard InChI is InChI=1S/C19H26N4O3/c1-4-26-19-12-20-11-18(22-19)23-7-5-6-14(13-23)21-15-8-16(24-2)10-17(9-15)25-3/h8-12,14,21H,4-7,13H2,1-3H3. The van der Waals surface area contributed by atoms with Gasteiger partial charge in [-0.2, -0.15) is 4.98 Å². The van der Waals surface area contributed by atoms with Gasteiger partial charge in [0.2, 0.25) is 5.88 Å². The van der Waals surface area contributed by atoms with E-state index in [2.05, 4.69) is 20.2 Å². The zero-order chi connectivity index (χ0) is 18.4. The molecule has 140 valence electrons. The topological polar surface area (TPSA) is 68.7 Å². The molecule has 1 aliphatic rings. The van der Waals surface area contributed by atoms with Crippen molar-refractivity contribution < 1.29 is 14.2 Å². The second-order valence-corrected chi connectivity index (χ2v) is 6.18. The molecule has 0 saturated carbocycles. The molecule has 1 aromatic carbocycles. The van der Waals surface area contributed by atoms with Crippen LogP contribution >= 0.6 is 0 Å². The number of nitrogens with one attached hydrogen (secondary N) is 1. The average molecular weight is 358 g/mol. The molecule has 0 radical (unpaired) electrons. The second kappa shape index (κ2) is 8.60. The number of methoxy groups -OCH3 is 2. The van der Waals surface area contributed by atoms with Crippen molar-refractivity contribution in [2.45, 2.75) is 25.8 Å². The fraction of sp³-hybridized carbons (Fsp3) is 0.474. The first-order valence-corrected chi connectivity index (χ1v) is 8.91. The molecular formula is C19H26N4O3. The van der Waals surface area contributed by atoms with Crippen LogP contribution in [-0.2, 0) is 0 Å². The summed E-state index contributed by atoms with van der Waals surface area (Å²) in [6.07, 6.45) is 5.61. The summed E-state index contributed by atoms with van der Waals surface area (Å²) in [6, 6.07) is 6.14. The summed E-state index contributed by atoms with van der Waals surface area (Å²) in [6.45, 7) is 4.34. The zero-order valence-corrected chi connectivity index (χ0v) is 15.6. The molecule has 1 unspecified atom stereocenters. The summed E-state index contributed by atoms with van der Waals surface area (Å²) in [7, 11) is 3.32. The number of nitrogens with zero attached hydrogens (tertiary/aromatic N) is 3. The molecule has 0 bridgehead atoms. The van der Waals surface area contributed by atoms with Gasteiger partial charge in [-0.3, -0.25) is 4.98 Å². The van der Waals surface area contributed by atoms with Gasteiger partial charge in [-0.05, 0) is 19.8 Å². The molecule has 1 N–H and O–H groups in total. The van der Waals surface area contributed by atoms with Gasteiger partial charge < -0.3 is 24.4 Å². The molecule has 7 nitrogen and oxygen atoms in total. The van der Waals surface area contributed by atoms with Crippen molar-refractivity contribution in [1.82, 2.24) is 9.97 Å². The highest BCUT2D eigenvalue weighted by molar-refractivity contribution is 5.54. The first kappa shape index (κ1) is 18.1. The number of hydrogen-bond acceptors (Lipinski definition) is 7. The molecule has 26 heavy (non-hydrogen) atoms. The van der Waals surface area contributed by atoms with Gasteiger partial charge in [0.15, 0.2) is 5.82 Å². The number of ether oxygens (including phenoxy) is 3. The van der Waals surface area contributed by atoms with Crippen LogP contribution in [-0.4, -0.2) is 49.9 Å². The molecule has 0 spiro atoms. The van der Waals surface area contributed by atoms with Gasteiger partial charge in [0, 0.05) is 43.0 Å². The summed E-state index contributed by atoms with van der Waals surface area (Å²) in [5.41, 5.74) is 0.988. The Labute approximate surface area is 154 Å². The maximum atomic E-state index is 5.47. The lowest BCUT2D eigenvalue weighted by Gasteiger charge is -2.34. The molecule has 0 amide bonds. The summed E-state index contributed by atoms with van der Waals surface area (Å²) >= 11 is 0. The van der Waals surface area contributed by atoms with Crippen molar-refractivity contribution in [2.24, 2.45) is 0 Å². The number of rotatable bonds is 7. The Balaban J connectivity index is 1.70. The minimum atomic E-state index is 0.304. The molecule has 7 heteroatoms. The summed E-state index contributed by atoms with van der Waals surface area (Å²) in [4.78, 5) is 11.1. The van der Waals surface area contributed by atoms with Gasteiger partial charge in [-0.15, -0.1) is 0 Å². The van der Waals surface area contributed by atoms with Crippen LogP contribution in [0.15, 0.2) is 30.6 Å². The second-order valence-electron chi connectivity index (χ2n) is 6.18. The molecule has 1 fully saturated rings. The number of anilines is 2. The molecule has 2 aromatic rings. The lowest BCUT2D eigenvalue weighted by molar-refractivity contribution is 0.325. The fourth-order valence-corrected chi connectivity index (χ4v) is 3.14. The summed E-state index contributed by atoms with van der Waals surface area (Å²) < 4.78 is 16.2. The van der Waals surface area contributed by atoms with E-state index >= 15 is 0 Å². The summed E-state index contributed by atoms with van der Waals surface area (Å²) in [5.74, 6) is 2.97. The van der Waals surface area contributed by atoms with Crippen molar-refractivity contribution >= 4 is 11.5 Å². The lowest BCUT2D eigenvalue weighted by Crippen LogP contribution is -2.42. The average Bonchev–Trinajstić information content (AvgIpc) is 2.68. The van der Waals surface area contributed by atoms with E-state index in [9.17, 15) is 0 Å². The highest BCUT2D eigenvalue weighted by Crippen LogP contribution is 2.28. The normalized spacial score (nSPS) is 16.9.